The fourth-order valence-electron chi connectivity index (χ4n) is 6.31. The Labute approximate surface area is 237 Å². The SMILES string of the molecule is C=C1CCC(N2C(=O)c3ccc(N4CCN(CC5CCN(c6ccc([N+](=O)[O-])cn6)CC5)CC4)cc3C2=O)C(=O)N1. The molecule has 0 bridgehead atoms. The van der Waals surface area contributed by atoms with Crippen molar-refractivity contribution in [1.29, 1.82) is 0 Å². The van der Waals surface area contributed by atoms with Crippen LogP contribution in [0.25, 0.3) is 0 Å². The van der Waals surface area contributed by atoms with Crippen molar-refractivity contribution >= 4 is 34.9 Å². The zero-order valence-electron chi connectivity index (χ0n) is 22.8. The van der Waals surface area contributed by atoms with Gasteiger partial charge in [-0.15, -0.1) is 0 Å². The molecule has 2 aromatic rings. The van der Waals surface area contributed by atoms with Gasteiger partial charge in [0.05, 0.1) is 16.1 Å². The van der Waals surface area contributed by atoms with Crippen molar-refractivity contribution in [2.24, 2.45) is 5.92 Å². The molecule has 6 rings (SSSR count). The third kappa shape index (κ3) is 5.26. The Kier molecular flexibility index (Phi) is 7.16. The summed E-state index contributed by atoms with van der Waals surface area (Å²) < 4.78 is 0. The van der Waals surface area contributed by atoms with E-state index in [0.717, 1.165) is 75.1 Å². The summed E-state index contributed by atoms with van der Waals surface area (Å²) in [5.74, 6) is 0.187. The number of anilines is 2. The van der Waals surface area contributed by atoms with Crippen molar-refractivity contribution < 1.29 is 19.3 Å². The molecule has 3 amide bonds. The van der Waals surface area contributed by atoms with Crippen LogP contribution in [-0.4, -0.2) is 89.3 Å². The van der Waals surface area contributed by atoms with Gasteiger partial charge in [-0.1, -0.05) is 6.58 Å². The van der Waals surface area contributed by atoms with Gasteiger partial charge in [0.2, 0.25) is 5.91 Å². The molecule has 3 saturated heterocycles. The predicted octanol–water partition coefficient (Wildman–Crippen LogP) is 2.42. The lowest BCUT2D eigenvalue weighted by atomic mass is 9.96. The highest BCUT2D eigenvalue weighted by molar-refractivity contribution is 6.23. The number of pyridine rings is 1. The number of nitrogens with zero attached hydrogens (tertiary/aromatic N) is 6. The second kappa shape index (κ2) is 10.9. The Bertz CT molecular complexity index is 1390. The third-order valence-electron chi connectivity index (χ3n) is 8.67. The number of aromatic nitrogens is 1. The number of benzene rings is 1. The maximum atomic E-state index is 13.2. The second-order valence-electron chi connectivity index (χ2n) is 11.2. The zero-order chi connectivity index (χ0) is 28.7. The summed E-state index contributed by atoms with van der Waals surface area (Å²) >= 11 is 0. The summed E-state index contributed by atoms with van der Waals surface area (Å²) in [5.41, 5.74) is 2.24. The minimum absolute atomic E-state index is 0.00474. The van der Waals surface area contributed by atoms with Gasteiger partial charge in [0.15, 0.2) is 0 Å². The molecule has 0 spiro atoms. The molecular weight excluding hydrogens is 526 g/mol. The van der Waals surface area contributed by atoms with Gasteiger partial charge in [-0.3, -0.25) is 34.3 Å². The largest absolute Gasteiger partial charge is 0.369 e. The molecular formula is C29H33N7O5. The van der Waals surface area contributed by atoms with E-state index in [1.54, 1.807) is 18.2 Å². The van der Waals surface area contributed by atoms with Crippen LogP contribution >= 0.6 is 0 Å². The van der Waals surface area contributed by atoms with Crippen LogP contribution in [0.4, 0.5) is 17.2 Å². The van der Waals surface area contributed by atoms with Crippen molar-refractivity contribution in [3.8, 4) is 0 Å². The molecule has 1 aromatic carbocycles. The van der Waals surface area contributed by atoms with Gasteiger partial charge >= 0.3 is 0 Å². The van der Waals surface area contributed by atoms with E-state index < -0.39 is 22.8 Å². The van der Waals surface area contributed by atoms with Gasteiger partial charge in [-0.05, 0) is 55.9 Å². The summed E-state index contributed by atoms with van der Waals surface area (Å²) in [6.45, 7) is 10.0. The molecule has 0 aliphatic carbocycles. The minimum atomic E-state index is -0.808. The predicted molar refractivity (Wildman–Crippen MR) is 152 cm³/mol. The first-order valence-electron chi connectivity index (χ1n) is 14.1. The highest BCUT2D eigenvalue weighted by Gasteiger charge is 2.44. The van der Waals surface area contributed by atoms with E-state index in [4.69, 9.17) is 0 Å². The van der Waals surface area contributed by atoms with Crippen LogP contribution in [0.2, 0.25) is 0 Å². The first-order chi connectivity index (χ1) is 19.8. The highest BCUT2D eigenvalue weighted by Crippen LogP contribution is 2.32. The standard InChI is InChI=1S/C29H33N7O5/c1-19-2-6-25(27(37)31-19)35-28(38)23-5-3-21(16-24(23)29(35)39)33-14-12-32(13-15-33)18-20-8-10-34(11-9-20)26-7-4-22(17-30-26)36(40)41/h3-5,7,16-17,20,25H,1-2,6,8-15,18H2,(H,31,37). The topological polar surface area (TPSA) is 132 Å². The van der Waals surface area contributed by atoms with Crippen LogP contribution < -0.4 is 15.1 Å². The summed E-state index contributed by atoms with van der Waals surface area (Å²) in [4.78, 5) is 61.5. The van der Waals surface area contributed by atoms with Gasteiger partial charge < -0.3 is 15.1 Å². The van der Waals surface area contributed by atoms with Crippen LogP contribution in [0.1, 0.15) is 46.4 Å². The molecule has 5 heterocycles. The maximum Gasteiger partial charge on any atom is 0.287 e. The van der Waals surface area contributed by atoms with Gasteiger partial charge in [-0.25, -0.2) is 4.98 Å². The monoisotopic (exact) mass is 559 g/mol. The molecule has 12 nitrogen and oxygen atoms in total. The quantitative estimate of drug-likeness (QED) is 0.322. The number of piperazine rings is 1. The van der Waals surface area contributed by atoms with Crippen molar-refractivity contribution in [2.75, 3.05) is 55.6 Å². The van der Waals surface area contributed by atoms with Crippen LogP contribution in [0.15, 0.2) is 48.8 Å². The number of carbonyl (C=O) groups is 3. The van der Waals surface area contributed by atoms with E-state index in [-0.39, 0.29) is 11.6 Å². The average Bonchev–Trinajstić information content (AvgIpc) is 3.23. The number of carbonyl (C=O) groups excluding carboxylic acids is 3. The van der Waals surface area contributed by atoms with E-state index in [9.17, 15) is 24.5 Å². The molecule has 1 aromatic heterocycles. The lowest BCUT2D eigenvalue weighted by Crippen LogP contribution is -2.51. The number of allylic oxidation sites excluding steroid dienone is 1. The van der Waals surface area contributed by atoms with Gasteiger partial charge in [-0.2, -0.15) is 0 Å². The number of rotatable bonds is 6. The zero-order valence-corrected chi connectivity index (χ0v) is 22.8. The Hall–Kier alpha value is -4.32. The number of hydrogen-bond donors (Lipinski definition) is 1. The van der Waals surface area contributed by atoms with E-state index in [2.05, 4.69) is 31.6 Å². The number of imide groups is 1. The van der Waals surface area contributed by atoms with E-state index in [1.165, 1.54) is 12.3 Å². The Morgan fingerprint density at radius 3 is 2.32 bits per heavy atom. The minimum Gasteiger partial charge on any atom is -0.369 e. The van der Waals surface area contributed by atoms with Crippen molar-refractivity contribution in [1.82, 2.24) is 20.1 Å². The Morgan fingerprint density at radius 2 is 1.66 bits per heavy atom. The fourth-order valence-corrected chi connectivity index (χ4v) is 6.31. The molecule has 1 unspecified atom stereocenters. The molecule has 214 valence electrons. The molecule has 4 aliphatic rings. The molecule has 41 heavy (non-hydrogen) atoms. The van der Waals surface area contributed by atoms with Crippen LogP contribution in [0.5, 0.6) is 0 Å². The lowest BCUT2D eigenvalue weighted by Gasteiger charge is -2.40. The molecule has 0 radical (unpaired) electrons. The number of piperidine rings is 2. The van der Waals surface area contributed by atoms with Gasteiger partial charge in [0.1, 0.15) is 18.1 Å². The Morgan fingerprint density at radius 1 is 0.927 bits per heavy atom. The molecule has 12 heteroatoms. The fraction of sp³-hybridized carbons (Fsp3) is 0.448. The molecule has 1 N–H and O–H groups in total. The van der Waals surface area contributed by atoms with Gasteiger partial charge in [0.25, 0.3) is 17.5 Å². The normalized spacial score (nSPS) is 22.2. The van der Waals surface area contributed by atoms with Crippen LogP contribution in [0.3, 0.4) is 0 Å². The maximum absolute atomic E-state index is 13.2. The van der Waals surface area contributed by atoms with Crippen molar-refractivity contribution in [3.05, 3.63) is 70.0 Å². The smallest absolute Gasteiger partial charge is 0.287 e. The molecule has 1 atom stereocenters. The molecule has 3 fully saturated rings. The summed E-state index contributed by atoms with van der Waals surface area (Å²) in [6, 6.07) is 7.83. The first-order valence-corrected chi connectivity index (χ1v) is 14.1. The summed E-state index contributed by atoms with van der Waals surface area (Å²) in [6.07, 6.45) is 4.33. The number of hydrogen-bond acceptors (Lipinski definition) is 9. The van der Waals surface area contributed by atoms with Crippen LogP contribution in [-0.2, 0) is 4.79 Å². The van der Waals surface area contributed by atoms with E-state index in [0.29, 0.717) is 35.6 Å². The number of nitrogens with one attached hydrogen (secondary N) is 1. The number of nitro groups is 1. The first kappa shape index (κ1) is 26.9. The molecule has 4 aliphatic heterocycles. The lowest BCUT2D eigenvalue weighted by molar-refractivity contribution is -0.385. The van der Waals surface area contributed by atoms with Crippen molar-refractivity contribution in [3.63, 3.8) is 0 Å². The van der Waals surface area contributed by atoms with Crippen LogP contribution in [0, 0.1) is 16.0 Å². The number of fused-ring (bicyclic) bond motifs is 1. The Balaban J connectivity index is 1.01. The van der Waals surface area contributed by atoms with Gasteiger partial charge in [0, 0.05) is 63.3 Å². The third-order valence-corrected chi connectivity index (χ3v) is 8.67. The highest BCUT2D eigenvalue weighted by atomic mass is 16.6. The van der Waals surface area contributed by atoms with E-state index >= 15 is 0 Å². The summed E-state index contributed by atoms with van der Waals surface area (Å²) in [7, 11) is 0. The van der Waals surface area contributed by atoms with Crippen molar-refractivity contribution in [2.45, 2.75) is 31.7 Å². The average molecular weight is 560 g/mol. The number of amides is 3. The summed E-state index contributed by atoms with van der Waals surface area (Å²) in [5, 5.41) is 13.5. The second-order valence-corrected chi connectivity index (χ2v) is 11.2. The van der Waals surface area contributed by atoms with E-state index in [1.807, 2.05) is 6.07 Å². The molecule has 0 saturated carbocycles.